The molecule has 0 aliphatic rings. The fraction of sp³-hybridized carbons (Fsp3) is 0.158. The summed E-state index contributed by atoms with van der Waals surface area (Å²) in [4.78, 5) is 13.3. The molecule has 3 rings (SSSR count). The van der Waals surface area contributed by atoms with Crippen LogP contribution in [0.3, 0.4) is 0 Å². The minimum atomic E-state index is -0.0317. The molecule has 1 heterocycles. The SMILES string of the molecule is CSc1ccc(C(=O)NCCc2ccc(-n3cccn3)cc2)cc1. The lowest BCUT2D eigenvalue weighted by molar-refractivity contribution is 0.0954. The third-order valence-electron chi connectivity index (χ3n) is 3.76. The Kier molecular flexibility index (Phi) is 5.33. The summed E-state index contributed by atoms with van der Waals surface area (Å²) < 4.78 is 1.82. The summed E-state index contributed by atoms with van der Waals surface area (Å²) in [6, 6.07) is 17.7. The molecular weight excluding hydrogens is 318 g/mol. The van der Waals surface area contributed by atoms with Crippen molar-refractivity contribution in [2.75, 3.05) is 12.8 Å². The molecule has 0 bridgehead atoms. The molecule has 0 atom stereocenters. The van der Waals surface area contributed by atoms with Gasteiger partial charge in [0.05, 0.1) is 5.69 Å². The van der Waals surface area contributed by atoms with Gasteiger partial charge in [-0.3, -0.25) is 4.79 Å². The van der Waals surface area contributed by atoms with Crippen molar-refractivity contribution in [2.45, 2.75) is 11.3 Å². The van der Waals surface area contributed by atoms with Crippen LogP contribution in [-0.2, 0) is 6.42 Å². The van der Waals surface area contributed by atoms with Crippen molar-refractivity contribution in [3.63, 3.8) is 0 Å². The molecule has 0 aliphatic heterocycles. The maximum Gasteiger partial charge on any atom is 0.251 e. The smallest absolute Gasteiger partial charge is 0.251 e. The molecule has 3 aromatic rings. The van der Waals surface area contributed by atoms with Crippen LogP contribution in [0.15, 0.2) is 71.9 Å². The Morgan fingerprint density at radius 3 is 2.50 bits per heavy atom. The number of carbonyl (C=O) groups is 1. The van der Waals surface area contributed by atoms with Gasteiger partial charge in [-0.1, -0.05) is 12.1 Å². The summed E-state index contributed by atoms with van der Waals surface area (Å²) in [5.41, 5.74) is 2.91. The predicted octanol–water partition coefficient (Wildman–Crippen LogP) is 3.57. The third kappa shape index (κ3) is 4.06. The Hall–Kier alpha value is -2.53. The second kappa shape index (κ2) is 7.84. The molecule has 122 valence electrons. The number of nitrogens with one attached hydrogen (secondary N) is 1. The molecule has 0 saturated carbocycles. The molecule has 0 saturated heterocycles. The molecular formula is C19H19N3OS. The zero-order valence-electron chi connectivity index (χ0n) is 13.5. The van der Waals surface area contributed by atoms with Gasteiger partial charge in [0.25, 0.3) is 5.91 Å². The van der Waals surface area contributed by atoms with E-state index in [1.54, 1.807) is 18.0 Å². The lowest BCUT2D eigenvalue weighted by Crippen LogP contribution is -2.25. The summed E-state index contributed by atoms with van der Waals surface area (Å²) >= 11 is 1.67. The molecule has 0 unspecified atom stereocenters. The Labute approximate surface area is 145 Å². The first-order valence-electron chi connectivity index (χ1n) is 7.77. The summed E-state index contributed by atoms with van der Waals surface area (Å²) in [5, 5.41) is 7.17. The standard InChI is InChI=1S/C19H19N3OS/c1-24-18-9-5-16(6-10-18)19(23)20-13-11-15-3-7-17(8-4-15)22-14-2-12-21-22/h2-10,12,14H,11,13H2,1H3,(H,20,23). The van der Waals surface area contributed by atoms with Gasteiger partial charge >= 0.3 is 0 Å². The first-order valence-corrected chi connectivity index (χ1v) is 9.00. The first kappa shape index (κ1) is 16.3. The van der Waals surface area contributed by atoms with E-state index in [9.17, 15) is 4.79 Å². The van der Waals surface area contributed by atoms with Crippen LogP contribution in [0.25, 0.3) is 5.69 Å². The number of rotatable bonds is 6. The molecule has 0 fully saturated rings. The number of hydrogen-bond donors (Lipinski definition) is 1. The molecule has 2 aromatic carbocycles. The quantitative estimate of drug-likeness (QED) is 0.700. The minimum Gasteiger partial charge on any atom is -0.352 e. The number of thioether (sulfide) groups is 1. The fourth-order valence-corrected chi connectivity index (χ4v) is 2.81. The van der Waals surface area contributed by atoms with Crippen LogP contribution >= 0.6 is 11.8 Å². The molecule has 0 spiro atoms. The van der Waals surface area contributed by atoms with E-state index in [1.165, 1.54) is 5.56 Å². The highest BCUT2D eigenvalue weighted by atomic mass is 32.2. The minimum absolute atomic E-state index is 0.0317. The van der Waals surface area contributed by atoms with Crippen LogP contribution in [0.4, 0.5) is 0 Å². The normalized spacial score (nSPS) is 10.5. The number of benzene rings is 2. The monoisotopic (exact) mass is 337 g/mol. The van der Waals surface area contributed by atoms with Crippen LogP contribution in [0, 0.1) is 0 Å². The number of aromatic nitrogens is 2. The highest BCUT2D eigenvalue weighted by Gasteiger charge is 2.05. The van der Waals surface area contributed by atoms with Crippen molar-refractivity contribution < 1.29 is 4.79 Å². The zero-order valence-corrected chi connectivity index (χ0v) is 14.3. The van der Waals surface area contributed by atoms with Crippen LogP contribution < -0.4 is 5.32 Å². The van der Waals surface area contributed by atoms with Crippen molar-refractivity contribution >= 4 is 17.7 Å². The van der Waals surface area contributed by atoms with E-state index in [2.05, 4.69) is 22.5 Å². The topological polar surface area (TPSA) is 46.9 Å². The van der Waals surface area contributed by atoms with Gasteiger partial charge in [0, 0.05) is 29.4 Å². The Balaban J connectivity index is 1.51. The lowest BCUT2D eigenvalue weighted by Gasteiger charge is -2.07. The summed E-state index contributed by atoms with van der Waals surface area (Å²) in [6.07, 6.45) is 6.49. The molecule has 0 radical (unpaired) electrons. The Morgan fingerprint density at radius 1 is 1.12 bits per heavy atom. The maximum absolute atomic E-state index is 12.1. The summed E-state index contributed by atoms with van der Waals surface area (Å²) in [6.45, 7) is 0.615. The maximum atomic E-state index is 12.1. The second-order valence-electron chi connectivity index (χ2n) is 5.35. The second-order valence-corrected chi connectivity index (χ2v) is 6.23. The molecule has 5 heteroatoms. The van der Waals surface area contributed by atoms with Gasteiger partial charge in [0.2, 0.25) is 0 Å². The molecule has 1 amide bonds. The van der Waals surface area contributed by atoms with Gasteiger partial charge in [-0.2, -0.15) is 5.10 Å². The van der Waals surface area contributed by atoms with Crippen molar-refractivity contribution in [1.29, 1.82) is 0 Å². The van der Waals surface area contributed by atoms with Gasteiger partial charge in [-0.05, 0) is 60.7 Å². The largest absolute Gasteiger partial charge is 0.352 e. The molecule has 0 aliphatic carbocycles. The van der Waals surface area contributed by atoms with Crippen molar-refractivity contribution in [1.82, 2.24) is 15.1 Å². The number of nitrogens with zero attached hydrogens (tertiary/aromatic N) is 2. The van der Waals surface area contributed by atoms with E-state index >= 15 is 0 Å². The average Bonchev–Trinajstić information content (AvgIpc) is 3.17. The molecule has 1 N–H and O–H groups in total. The van der Waals surface area contributed by atoms with E-state index in [0.717, 1.165) is 17.0 Å². The van der Waals surface area contributed by atoms with Crippen LogP contribution in [0.1, 0.15) is 15.9 Å². The number of amides is 1. The fourth-order valence-electron chi connectivity index (χ4n) is 2.40. The van der Waals surface area contributed by atoms with Crippen molar-refractivity contribution in [3.05, 3.63) is 78.1 Å². The highest BCUT2D eigenvalue weighted by molar-refractivity contribution is 7.98. The van der Waals surface area contributed by atoms with Gasteiger partial charge in [-0.15, -0.1) is 11.8 Å². The van der Waals surface area contributed by atoms with Gasteiger partial charge in [0.15, 0.2) is 0 Å². The van der Waals surface area contributed by atoms with E-state index in [0.29, 0.717) is 12.1 Å². The summed E-state index contributed by atoms with van der Waals surface area (Å²) in [7, 11) is 0. The van der Waals surface area contributed by atoms with Crippen LogP contribution in [0.5, 0.6) is 0 Å². The zero-order chi connectivity index (χ0) is 16.8. The van der Waals surface area contributed by atoms with E-state index in [-0.39, 0.29) is 5.91 Å². The van der Waals surface area contributed by atoms with Crippen LogP contribution in [-0.4, -0.2) is 28.5 Å². The van der Waals surface area contributed by atoms with Gasteiger partial charge in [-0.25, -0.2) is 4.68 Å². The van der Waals surface area contributed by atoms with Crippen LogP contribution in [0.2, 0.25) is 0 Å². The molecule has 4 nitrogen and oxygen atoms in total. The van der Waals surface area contributed by atoms with Gasteiger partial charge < -0.3 is 5.32 Å². The van der Waals surface area contributed by atoms with Gasteiger partial charge in [0.1, 0.15) is 0 Å². The lowest BCUT2D eigenvalue weighted by atomic mass is 10.1. The molecule has 24 heavy (non-hydrogen) atoms. The predicted molar refractivity (Wildman–Crippen MR) is 97.8 cm³/mol. The summed E-state index contributed by atoms with van der Waals surface area (Å²) in [5.74, 6) is -0.0317. The average molecular weight is 337 g/mol. The third-order valence-corrected chi connectivity index (χ3v) is 4.50. The van der Waals surface area contributed by atoms with Crippen molar-refractivity contribution in [3.8, 4) is 5.69 Å². The van der Waals surface area contributed by atoms with E-state index < -0.39 is 0 Å². The molecule has 1 aromatic heterocycles. The Morgan fingerprint density at radius 2 is 1.88 bits per heavy atom. The highest BCUT2D eigenvalue weighted by Crippen LogP contribution is 2.14. The first-order chi connectivity index (χ1) is 11.8. The number of carbonyl (C=O) groups excluding carboxylic acids is 1. The van der Waals surface area contributed by atoms with Crippen molar-refractivity contribution in [2.24, 2.45) is 0 Å². The number of hydrogen-bond acceptors (Lipinski definition) is 3. The van der Waals surface area contributed by atoms with E-state index in [1.807, 2.05) is 59.6 Å². The Bertz CT molecular complexity index is 780. The van der Waals surface area contributed by atoms with E-state index in [4.69, 9.17) is 0 Å².